The van der Waals surface area contributed by atoms with E-state index in [4.69, 9.17) is 126 Å². The van der Waals surface area contributed by atoms with Crippen LogP contribution in [0.1, 0.15) is 99.3 Å². The molecule has 6 heterocycles. The second-order valence-electron chi connectivity index (χ2n) is 30.2. The molecule has 0 aromatic rings. The molecule has 0 unspecified atom stereocenters. The average molecular weight is 1530 g/mol. The molecule has 9 aliphatic rings. The maximum Gasteiger partial charge on any atom is 0.394 e. The highest BCUT2D eigenvalue weighted by Crippen LogP contribution is 2.37. The van der Waals surface area contributed by atoms with Crippen LogP contribution in [0.25, 0.3) is 0 Å². The number of ether oxygens (including phenoxy) is 12. The highest BCUT2D eigenvalue weighted by Gasteiger charge is 2.55. The van der Waals surface area contributed by atoms with Gasteiger partial charge in [0, 0.05) is 54.4 Å². The van der Waals surface area contributed by atoms with Gasteiger partial charge >= 0.3 is 10.4 Å². The second-order valence-corrected chi connectivity index (χ2v) is 31.1. The molecule has 9 rings (SSSR count). The number of nitrogens with one attached hydrogen (secondary N) is 6. The van der Waals surface area contributed by atoms with E-state index >= 15 is 0 Å². The number of nitrogens with two attached hydrogens (primary N) is 9. The van der Waals surface area contributed by atoms with Gasteiger partial charge in [-0.2, -0.15) is 8.42 Å². The lowest BCUT2D eigenvalue weighted by Crippen LogP contribution is -2.68. The van der Waals surface area contributed by atoms with Crippen molar-refractivity contribution in [1.29, 1.82) is 0 Å². The van der Waals surface area contributed by atoms with Crippen LogP contribution in [0.3, 0.4) is 0 Å². The van der Waals surface area contributed by atoms with Gasteiger partial charge in [0.25, 0.3) is 0 Å². The molecule has 6 aliphatic heterocycles. The minimum Gasteiger partial charge on any atom is -0.388 e. The Hall–Kier alpha value is -1.57. The van der Waals surface area contributed by atoms with Gasteiger partial charge in [0.1, 0.15) is 90.1 Å². The van der Waals surface area contributed by atoms with Crippen LogP contribution in [-0.4, -0.2) is 362 Å². The summed E-state index contributed by atoms with van der Waals surface area (Å²) in [5.41, 5.74) is 52.5. The van der Waals surface area contributed by atoms with Crippen LogP contribution in [0.2, 0.25) is 0 Å². The van der Waals surface area contributed by atoms with Crippen molar-refractivity contribution in [3.05, 3.63) is 0 Å². The number of hydrogen-bond acceptors (Lipinski definition) is 38. The molecule has 35 N–H and O–H groups in total. The molecule has 40 nitrogen and oxygen atoms in total. The Morgan fingerprint density at radius 2 is 0.548 bits per heavy atom. The summed E-state index contributed by atoms with van der Waals surface area (Å²) in [6.45, 7) is 10.6. The van der Waals surface area contributed by atoms with Crippen LogP contribution >= 0.6 is 0 Å². The van der Waals surface area contributed by atoms with Crippen molar-refractivity contribution in [2.45, 2.75) is 336 Å². The Morgan fingerprint density at radius 3 is 0.731 bits per heavy atom. The maximum atomic E-state index is 11.1. The summed E-state index contributed by atoms with van der Waals surface area (Å²) in [7, 11) is 5.81. The Morgan fingerprint density at radius 1 is 0.356 bits per heavy atom. The number of aliphatic hydroxyl groups excluding tert-OH is 6. The summed E-state index contributed by atoms with van der Waals surface area (Å²) in [6.07, 6.45) is -12.7. The van der Waals surface area contributed by atoms with Gasteiger partial charge in [0.15, 0.2) is 37.7 Å². The Kier molecular flexibility index (Phi) is 34.9. The number of hydrogen-bond donors (Lipinski definition) is 26. The second kappa shape index (κ2) is 39.7. The molecule has 614 valence electrons. The summed E-state index contributed by atoms with van der Waals surface area (Å²) in [5.74, 6) is 0. The third-order valence-corrected chi connectivity index (χ3v) is 21.7. The van der Waals surface area contributed by atoms with Gasteiger partial charge < -0.3 is 186 Å². The molecule has 0 spiro atoms. The Labute approximate surface area is 610 Å². The molecule has 0 aromatic carbocycles. The number of rotatable bonds is 21. The van der Waals surface area contributed by atoms with E-state index in [1.165, 1.54) is 0 Å². The third kappa shape index (κ3) is 23.5. The first-order chi connectivity index (χ1) is 48.5. The van der Waals surface area contributed by atoms with Crippen LogP contribution in [0.5, 0.6) is 0 Å². The Balaban J connectivity index is 0.000000237. The zero-order chi connectivity index (χ0) is 78.0. The lowest BCUT2D eigenvalue weighted by Gasteiger charge is -2.48. The van der Waals surface area contributed by atoms with Crippen molar-refractivity contribution >= 4 is 10.4 Å². The van der Waals surface area contributed by atoms with Crippen LogP contribution in [-0.2, 0) is 67.2 Å². The molecular weight excluding hydrogens is 1400 g/mol. The Bertz CT molecular complexity index is 2390. The molecule has 6 saturated heterocycles. The quantitative estimate of drug-likeness (QED) is 0.0475. The highest BCUT2D eigenvalue weighted by atomic mass is 32.3. The van der Waals surface area contributed by atoms with Gasteiger partial charge in [-0.25, -0.2) is 0 Å². The molecule has 41 heteroatoms. The molecule has 39 atom stereocenters. The van der Waals surface area contributed by atoms with E-state index in [1.54, 1.807) is 41.9 Å². The van der Waals surface area contributed by atoms with Gasteiger partial charge in [0.05, 0.1) is 74.4 Å². The summed E-state index contributed by atoms with van der Waals surface area (Å²) < 4.78 is 103. The van der Waals surface area contributed by atoms with Crippen molar-refractivity contribution in [2.75, 3.05) is 62.1 Å². The van der Waals surface area contributed by atoms with Crippen molar-refractivity contribution in [1.82, 2.24) is 31.9 Å². The molecule has 3 saturated carbocycles. The lowest BCUT2D eigenvalue weighted by atomic mass is 9.84. The third-order valence-electron chi connectivity index (χ3n) is 21.7. The van der Waals surface area contributed by atoms with Gasteiger partial charge in [-0.15, -0.1) is 0 Å². The van der Waals surface area contributed by atoms with Crippen molar-refractivity contribution in [3.63, 3.8) is 0 Å². The number of aliphatic hydroxyl groups is 9. The smallest absolute Gasteiger partial charge is 0.388 e. The summed E-state index contributed by atoms with van der Waals surface area (Å²) in [6, 6.07) is -6.34. The minimum atomic E-state index is -4.67. The van der Waals surface area contributed by atoms with Crippen LogP contribution in [0, 0.1) is 0 Å². The number of likely N-dealkylation sites (N-methyl/N-ethyl adjacent to an activating group) is 6. The predicted octanol–water partition coefficient (Wildman–Crippen LogP) is -10.6. The highest BCUT2D eigenvalue weighted by molar-refractivity contribution is 7.79. The molecule has 0 radical (unpaired) electrons. The largest absolute Gasteiger partial charge is 0.394 e. The molecule has 0 aromatic heterocycles. The van der Waals surface area contributed by atoms with E-state index in [0.29, 0.717) is 38.5 Å². The summed E-state index contributed by atoms with van der Waals surface area (Å²) in [4.78, 5) is 0. The average Bonchev–Trinajstić information content (AvgIpc) is 0.792. The predicted molar refractivity (Wildman–Crippen MR) is 374 cm³/mol. The molecule has 0 bridgehead atoms. The monoisotopic (exact) mass is 1530 g/mol. The zero-order valence-electron chi connectivity index (χ0n) is 62.0. The summed E-state index contributed by atoms with van der Waals surface area (Å²) >= 11 is 0. The van der Waals surface area contributed by atoms with E-state index in [0.717, 1.165) is 19.3 Å². The van der Waals surface area contributed by atoms with Crippen molar-refractivity contribution in [2.24, 2.45) is 51.6 Å². The topological polar surface area (TPSA) is 674 Å². The summed E-state index contributed by atoms with van der Waals surface area (Å²) in [5, 5.41) is 115. The van der Waals surface area contributed by atoms with Gasteiger partial charge in [-0.3, -0.25) is 9.11 Å². The fraction of sp³-hybridized carbons (Fsp3) is 1.00. The van der Waals surface area contributed by atoms with Gasteiger partial charge in [-0.05, 0) is 142 Å². The molecule has 3 aliphatic carbocycles. The van der Waals surface area contributed by atoms with Crippen LogP contribution in [0.4, 0.5) is 0 Å². The normalized spacial score (nSPS) is 48.3. The minimum absolute atomic E-state index is 0.0620. The van der Waals surface area contributed by atoms with E-state index in [2.05, 4.69) is 31.9 Å². The lowest BCUT2D eigenvalue weighted by molar-refractivity contribution is -0.307. The van der Waals surface area contributed by atoms with Crippen LogP contribution in [0.15, 0.2) is 0 Å². The van der Waals surface area contributed by atoms with Gasteiger partial charge in [0.2, 0.25) is 0 Å². The first-order valence-electron chi connectivity index (χ1n) is 36.0. The van der Waals surface area contributed by atoms with Crippen LogP contribution < -0.4 is 83.5 Å². The molecule has 104 heavy (non-hydrogen) atoms. The van der Waals surface area contributed by atoms with E-state index in [1.807, 2.05) is 41.9 Å². The van der Waals surface area contributed by atoms with Gasteiger partial charge in [-0.1, -0.05) is 0 Å². The SMILES string of the molecule is CN[C@@H]1[C@@H](O)[C@@H](O[C@@H]2[C@@H](O)[C@H](O[C@H]3O[C@@H]([C@@H](C)NC)CC[C@H]3N)[C@@H](N)C[C@H]2N)OC[C@]1(C)O.CN[C@@H]1[C@@H](O)[C@@H](O[C@@H]2[C@@H](O)[C@H](O[C@H]3O[C@@H]([C@@H](C)NC)CC[C@H]3N)[C@@H](N)C[C@H]2N)OC[C@]1(C)O.CN[C@@H]1[C@@H](O)[C@@H](O[C@@H]2[C@@H](O)[C@H](O[C@H]3O[C@@H]([C@@H](C)NC)CC[C@H]3N)[C@@H](N)C[C@H]2N)OC[C@]1(C)O.O=S(=O)(O)O. The molecule has 0 amide bonds. The maximum absolute atomic E-state index is 11.1. The van der Waals surface area contributed by atoms with E-state index in [-0.39, 0.29) is 74.4 Å². The molecular formula is C63H131N15O25S. The van der Waals surface area contributed by atoms with E-state index in [9.17, 15) is 46.0 Å². The fourth-order valence-electron chi connectivity index (χ4n) is 15.1. The first-order valence-corrected chi connectivity index (χ1v) is 37.4. The van der Waals surface area contributed by atoms with Crippen molar-refractivity contribution < 1.29 is 120 Å². The fourth-order valence-corrected chi connectivity index (χ4v) is 15.1. The first kappa shape index (κ1) is 91.3. The standard InChI is InChI=1S/3C21H43N5O7.H2O4S/c3*1-9(25-3)13-6-5-10(22)19(31-13)32-16-11(23)7-12(24)17(14(16)27)33-20-15(28)18(26-4)21(2,29)8-30-20;1-5(2,3)4/h3*9-20,25-29H,5-8,22-24H2,1-4H3;(H2,1,2,3,4)/t3*9-,10-,11+,12-,13-,14+,15-,16-,17+,18-,19-,20-,21+;/m111./s1. The zero-order valence-corrected chi connectivity index (χ0v) is 62.8. The van der Waals surface area contributed by atoms with Crippen molar-refractivity contribution in [3.8, 4) is 0 Å². The van der Waals surface area contributed by atoms with E-state index < -0.39 is 193 Å². The molecule has 9 fully saturated rings.